The number of hydrogen-bond acceptors (Lipinski definition) is 2. The van der Waals surface area contributed by atoms with Gasteiger partial charge in [0.2, 0.25) is 0 Å². The average molecular weight is 406 g/mol. The zero-order valence-corrected chi connectivity index (χ0v) is 16.8. The molecule has 0 saturated carbocycles. The molecule has 0 unspecified atom stereocenters. The van der Waals surface area contributed by atoms with Crippen LogP contribution in [0, 0.1) is 13.8 Å². The van der Waals surface area contributed by atoms with E-state index in [1.807, 2.05) is 12.1 Å². The number of benzene rings is 2. The lowest BCUT2D eigenvalue weighted by Crippen LogP contribution is -2.36. The first-order valence-corrected chi connectivity index (χ1v) is 9.32. The molecule has 0 bridgehead atoms. The summed E-state index contributed by atoms with van der Waals surface area (Å²) in [6.45, 7) is 9.02. The van der Waals surface area contributed by atoms with Crippen molar-refractivity contribution in [1.82, 2.24) is 5.32 Å². The molecule has 24 heavy (non-hydrogen) atoms. The Balaban J connectivity index is 1.83. The van der Waals surface area contributed by atoms with Crippen molar-refractivity contribution in [2.75, 3.05) is 29.9 Å². The van der Waals surface area contributed by atoms with Crippen molar-refractivity contribution in [3.8, 4) is 0 Å². The molecule has 0 aromatic heterocycles. The van der Waals surface area contributed by atoms with Gasteiger partial charge < -0.3 is 15.5 Å². The fraction of sp³-hybridized carbons (Fsp3) is 0.316. The fourth-order valence-corrected chi connectivity index (χ4v) is 2.96. The van der Waals surface area contributed by atoms with Crippen LogP contribution in [0.5, 0.6) is 0 Å². The quantitative estimate of drug-likeness (QED) is 0.669. The summed E-state index contributed by atoms with van der Waals surface area (Å²) in [6, 6.07) is 14.7. The maximum atomic E-state index is 5.39. The van der Waals surface area contributed by atoms with E-state index in [0.717, 1.165) is 29.8 Å². The van der Waals surface area contributed by atoms with Crippen LogP contribution in [0.25, 0.3) is 0 Å². The summed E-state index contributed by atoms with van der Waals surface area (Å²) in [5.41, 5.74) is 4.71. The molecule has 128 valence electrons. The zero-order valence-electron chi connectivity index (χ0n) is 14.4. The summed E-state index contributed by atoms with van der Waals surface area (Å²) in [6.07, 6.45) is 0. The molecule has 0 fully saturated rings. The molecule has 0 heterocycles. The number of nitrogens with one attached hydrogen (secondary N) is 2. The topological polar surface area (TPSA) is 27.3 Å². The average Bonchev–Trinajstić information content (AvgIpc) is 2.55. The number of aryl methyl sites for hydroxylation is 2. The Labute approximate surface area is 158 Å². The van der Waals surface area contributed by atoms with Gasteiger partial charge in [-0.25, -0.2) is 0 Å². The molecular formula is C19H24BrN3S. The second-order valence-corrected chi connectivity index (χ2v) is 7.03. The molecule has 0 spiro atoms. The van der Waals surface area contributed by atoms with Gasteiger partial charge in [0, 0.05) is 35.5 Å². The second-order valence-electron chi connectivity index (χ2n) is 5.76. The smallest absolute Gasteiger partial charge is 0.170 e. The van der Waals surface area contributed by atoms with Gasteiger partial charge in [-0.2, -0.15) is 0 Å². The Morgan fingerprint density at radius 1 is 1.17 bits per heavy atom. The summed E-state index contributed by atoms with van der Waals surface area (Å²) < 4.78 is 1.10. The number of rotatable bonds is 6. The van der Waals surface area contributed by atoms with Crippen molar-refractivity contribution < 1.29 is 0 Å². The minimum absolute atomic E-state index is 0.650. The van der Waals surface area contributed by atoms with Crippen LogP contribution in [0.1, 0.15) is 18.1 Å². The normalized spacial score (nSPS) is 10.3. The minimum Gasteiger partial charge on any atom is -0.370 e. The first-order valence-electron chi connectivity index (χ1n) is 8.12. The molecular weight excluding hydrogens is 382 g/mol. The number of nitrogens with zero attached hydrogens (tertiary/aromatic N) is 1. The molecule has 3 nitrogen and oxygen atoms in total. The van der Waals surface area contributed by atoms with E-state index in [4.69, 9.17) is 12.2 Å². The van der Waals surface area contributed by atoms with E-state index in [-0.39, 0.29) is 0 Å². The monoisotopic (exact) mass is 405 g/mol. The lowest BCUT2D eigenvalue weighted by molar-refractivity contribution is 0.779. The Bertz CT molecular complexity index is 703. The highest BCUT2D eigenvalue weighted by atomic mass is 79.9. The van der Waals surface area contributed by atoms with Gasteiger partial charge in [-0.3, -0.25) is 0 Å². The number of halogens is 1. The van der Waals surface area contributed by atoms with Crippen molar-refractivity contribution in [1.29, 1.82) is 0 Å². The highest BCUT2D eigenvalue weighted by Crippen LogP contribution is 2.20. The Kier molecular flexibility index (Phi) is 7.06. The number of hydrogen-bond donors (Lipinski definition) is 2. The predicted molar refractivity (Wildman–Crippen MR) is 112 cm³/mol. The molecule has 2 rings (SSSR count). The lowest BCUT2D eigenvalue weighted by Gasteiger charge is -2.24. The van der Waals surface area contributed by atoms with Crippen LogP contribution < -0.4 is 15.5 Å². The van der Waals surface area contributed by atoms with Gasteiger partial charge in [0.1, 0.15) is 0 Å². The molecule has 0 saturated heterocycles. The van der Waals surface area contributed by atoms with Crippen LogP contribution in [-0.4, -0.2) is 24.7 Å². The summed E-state index contributed by atoms with van der Waals surface area (Å²) in [5.74, 6) is 0. The third-order valence-corrected chi connectivity index (χ3v) is 4.97. The van der Waals surface area contributed by atoms with E-state index >= 15 is 0 Å². The van der Waals surface area contributed by atoms with Crippen LogP contribution in [0.2, 0.25) is 0 Å². The molecule has 0 radical (unpaired) electrons. The first-order chi connectivity index (χ1) is 11.5. The molecule has 2 aromatic carbocycles. The van der Waals surface area contributed by atoms with Crippen LogP contribution in [0.15, 0.2) is 46.9 Å². The molecule has 0 aliphatic carbocycles. The highest BCUT2D eigenvalue weighted by molar-refractivity contribution is 9.10. The summed E-state index contributed by atoms with van der Waals surface area (Å²) >= 11 is 8.89. The van der Waals surface area contributed by atoms with Gasteiger partial charge in [0.05, 0.1) is 0 Å². The van der Waals surface area contributed by atoms with Gasteiger partial charge >= 0.3 is 0 Å². The van der Waals surface area contributed by atoms with Crippen LogP contribution in [-0.2, 0) is 0 Å². The van der Waals surface area contributed by atoms with Gasteiger partial charge in [0.25, 0.3) is 0 Å². The maximum Gasteiger partial charge on any atom is 0.170 e. The van der Waals surface area contributed by atoms with Crippen LogP contribution >= 0.6 is 28.1 Å². The highest BCUT2D eigenvalue weighted by Gasteiger charge is 2.05. The lowest BCUT2D eigenvalue weighted by atomic mass is 10.2. The van der Waals surface area contributed by atoms with E-state index in [2.05, 4.69) is 82.6 Å². The van der Waals surface area contributed by atoms with Crippen LogP contribution in [0.3, 0.4) is 0 Å². The predicted octanol–water partition coefficient (Wildman–Crippen LogP) is 4.88. The van der Waals surface area contributed by atoms with Crippen molar-refractivity contribution in [2.24, 2.45) is 0 Å². The SMILES string of the molecule is CCN(CCNC(=S)Nc1ccc(Br)c(C)c1)c1cccc(C)c1. The Hall–Kier alpha value is -1.59. The zero-order chi connectivity index (χ0) is 17.5. The van der Waals surface area contributed by atoms with Gasteiger partial charge in [-0.1, -0.05) is 28.1 Å². The van der Waals surface area contributed by atoms with Crippen molar-refractivity contribution in [2.45, 2.75) is 20.8 Å². The molecule has 0 aliphatic heterocycles. The van der Waals surface area contributed by atoms with E-state index < -0.39 is 0 Å². The largest absolute Gasteiger partial charge is 0.370 e. The second kappa shape index (κ2) is 9.04. The first kappa shape index (κ1) is 18.7. The van der Waals surface area contributed by atoms with E-state index in [9.17, 15) is 0 Å². The number of likely N-dealkylation sites (N-methyl/N-ethyl adjacent to an activating group) is 1. The van der Waals surface area contributed by atoms with Gasteiger partial charge in [0.15, 0.2) is 5.11 Å². The fourth-order valence-electron chi connectivity index (χ4n) is 2.50. The molecule has 2 aromatic rings. The third kappa shape index (κ3) is 5.49. The van der Waals surface area contributed by atoms with Crippen molar-refractivity contribution >= 4 is 44.6 Å². The summed E-state index contributed by atoms with van der Waals surface area (Å²) in [7, 11) is 0. The van der Waals surface area contributed by atoms with Crippen LogP contribution in [0.4, 0.5) is 11.4 Å². The summed E-state index contributed by atoms with van der Waals surface area (Å²) in [4.78, 5) is 2.34. The Morgan fingerprint density at radius 2 is 1.96 bits per heavy atom. The van der Waals surface area contributed by atoms with Gasteiger partial charge in [-0.05, 0) is 74.4 Å². The maximum absolute atomic E-state index is 5.39. The third-order valence-electron chi connectivity index (χ3n) is 3.83. The van der Waals surface area contributed by atoms with E-state index in [1.165, 1.54) is 16.8 Å². The summed E-state index contributed by atoms with van der Waals surface area (Å²) in [5, 5.41) is 7.16. The molecule has 0 atom stereocenters. The molecule has 5 heteroatoms. The van der Waals surface area contributed by atoms with Crippen molar-refractivity contribution in [3.63, 3.8) is 0 Å². The Morgan fingerprint density at radius 3 is 2.62 bits per heavy atom. The molecule has 0 aliphatic rings. The minimum atomic E-state index is 0.650. The van der Waals surface area contributed by atoms with Gasteiger partial charge in [-0.15, -0.1) is 0 Å². The van der Waals surface area contributed by atoms with Crippen molar-refractivity contribution in [3.05, 3.63) is 58.1 Å². The molecule has 2 N–H and O–H groups in total. The van der Waals surface area contributed by atoms with E-state index in [0.29, 0.717) is 5.11 Å². The molecule has 0 amide bonds. The standard InChI is InChI=1S/C19H24BrN3S/c1-4-23(17-7-5-6-14(2)12-17)11-10-21-19(24)22-16-8-9-18(20)15(3)13-16/h5-9,12-13H,4,10-11H2,1-3H3,(H2,21,22,24). The number of anilines is 2. The van der Waals surface area contributed by atoms with E-state index in [1.54, 1.807) is 0 Å². The number of thiocarbonyl (C=S) groups is 1.